The van der Waals surface area contributed by atoms with Crippen LogP contribution in [0.4, 0.5) is 10.7 Å². The van der Waals surface area contributed by atoms with Crippen LogP contribution >= 0.6 is 0 Å². The first-order chi connectivity index (χ1) is 14.2. The van der Waals surface area contributed by atoms with Gasteiger partial charge in [0, 0.05) is 5.39 Å². The second-order valence-electron chi connectivity index (χ2n) is 6.41. The maximum atomic E-state index is 12.6. The number of ether oxygens (including phenoxy) is 1. The van der Waals surface area contributed by atoms with Crippen LogP contribution in [0.3, 0.4) is 0 Å². The fraction of sp³-hybridized carbons (Fsp3) is 0.0476. The molecule has 0 bridgehead atoms. The largest absolute Gasteiger partial charge is 0.454 e. The van der Waals surface area contributed by atoms with Crippen molar-refractivity contribution < 1.29 is 13.9 Å². The second kappa shape index (κ2) is 6.75. The van der Waals surface area contributed by atoms with Crippen molar-refractivity contribution >= 4 is 34.2 Å². The van der Waals surface area contributed by atoms with Crippen LogP contribution in [0.2, 0.25) is 0 Å². The maximum Gasteiger partial charge on any atom is 0.421 e. The Morgan fingerprint density at radius 1 is 1.07 bits per heavy atom. The van der Waals surface area contributed by atoms with E-state index in [-0.39, 0.29) is 18.2 Å². The number of nitrogens with zero attached hydrogens (tertiary/aromatic N) is 4. The standard InChI is InChI=1S/C21H15N5O3/c22-20-24-17(16-10-14-8-4-5-9-15(14)29-16)18-19(25-20)26(12-23-18)21(27)28-11-13-6-2-1-3-7-13/h1-10,12H,11H2,(H2,22,24,25). The van der Waals surface area contributed by atoms with E-state index in [0.717, 1.165) is 16.5 Å². The Morgan fingerprint density at radius 2 is 1.86 bits per heavy atom. The van der Waals surface area contributed by atoms with Gasteiger partial charge in [0.05, 0.1) is 0 Å². The highest BCUT2D eigenvalue weighted by molar-refractivity contribution is 5.94. The topological polar surface area (TPSA) is 109 Å². The lowest BCUT2D eigenvalue weighted by atomic mass is 10.2. The van der Waals surface area contributed by atoms with Gasteiger partial charge in [0.2, 0.25) is 5.95 Å². The molecule has 3 aromatic heterocycles. The number of nitrogen functional groups attached to an aromatic ring is 1. The summed E-state index contributed by atoms with van der Waals surface area (Å²) in [5, 5.41) is 0.925. The monoisotopic (exact) mass is 385 g/mol. The van der Waals surface area contributed by atoms with Crippen LogP contribution < -0.4 is 5.73 Å². The molecule has 0 saturated heterocycles. The van der Waals surface area contributed by atoms with Gasteiger partial charge in [-0.25, -0.2) is 19.3 Å². The van der Waals surface area contributed by atoms with Crippen molar-refractivity contribution in [2.75, 3.05) is 5.73 Å². The number of carbonyl (C=O) groups is 1. The van der Waals surface area contributed by atoms with E-state index in [0.29, 0.717) is 17.0 Å². The number of fused-ring (bicyclic) bond motifs is 2. The SMILES string of the molecule is Nc1nc(-c2cc3ccccc3o2)c2ncn(C(=O)OCc3ccccc3)c2n1. The fourth-order valence-corrected chi connectivity index (χ4v) is 3.11. The van der Waals surface area contributed by atoms with Crippen LogP contribution in [-0.2, 0) is 11.3 Å². The Balaban J connectivity index is 1.53. The smallest absolute Gasteiger partial charge is 0.421 e. The molecule has 0 aliphatic carbocycles. The maximum absolute atomic E-state index is 12.6. The predicted molar refractivity (Wildman–Crippen MR) is 107 cm³/mol. The molecule has 29 heavy (non-hydrogen) atoms. The van der Waals surface area contributed by atoms with Gasteiger partial charge in [-0.3, -0.25) is 0 Å². The van der Waals surface area contributed by atoms with Gasteiger partial charge in [-0.2, -0.15) is 4.98 Å². The van der Waals surface area contributed by atoms with E-state index in [9.17, 15) is 4.79 Å². The van der Waals surface area contributed by atoms with Crippen molar-refractivity contribution in [1.82, 2.24) is 19.5 Å². The summed E-state index contributed by atoms with van der Waals surface area (Å²) >= 11 is 0. The van der Waals surface area contributed by atoms with E-state index in [1.54, 1.807) is 0 Å². The minimum absolute atomic E-state index is 0.00515. The van der Waals surface area contributed by atoms with E-state index in [1.165, 1.54) is 10.9 Å². The first kappa shape index (κ1) is 16.9. The number of benzene rings is 2. The van der Waals surface area contributed by atoms with Crippen LogP contribution in [0, 0.1) is 0 Å². The number of furan rings is 1. The Morgan fingerprint density at radius 3 is 2.69 bits per heavy atom. The Hall–Kier alpha value is -4.20. The van der Waals surface area contributed by atoms with Gasteiger partial charge in [-0.15, -0.1) is 0 Å². The summed E-state index contributed by atoms with van der Waals surface area (Å²) in [6.07, 6.45) is 0.739. The highest BCUT2D eigenvalue weighted by Crippen LogP contribution is 2.31. The van der Waals surface area contributed by atoms with E-state index in [1.807, 2.05) is 60.7 Å². The number of anilines is 1. The summed E-state index contributed by atoms with van der Waals surface area (Å²) in [6.45, 7) is 0.135. The van der Waals surface area contributed by atoms with E-state index < -0.39 is 6.09 Å². The highest BCUT2D eigenvalue weighted by atomic mass is 16.5. The molecule has 0 amide bonds. The fourth-order valence-electron chi connectivity index (χ4n) is 3.11. The molecule has 5 aromatic rings. The second-order valence-corrected chi connectivity index (χ2v) is 6.41. The summed E-state index contributed by atoms with van der Waals surface area (Å²) in [5.74, 6) is 0.499. The molecule has 0 unspecified atom stereocenters. The Labute approximate surface area is 164 Å². The van der Waals surface area contributed by atoms with Gasteiger partial charge in [0.15, 0.2) is 11.4 Å². The first-order valence-corrected chi connectivity index (χ1v) is 8.89. The molecule has 0 saturated carbocycles. The lowest BCUT2D eigenvalue weighted by Gasteiger charge is -2.06. The van der Waals surface area contributed by atoms with Gasteiger partial charge in [-0.1, -0.05) is 48.5 Å². The molecule has 5 rings (SSSR count). The number of nitrogens with two attached hydrogens (primary N) is 1. The molecular weight excluding hydrogens is 370 g/mol. The van der Waals surface area contributed by atoms with Crippen molar-refractivity contribution in [3.8, 4) is 11.5 Å². The zero-order valence-electron chi connectivity index (χ0n) is 15.1. The quantitative estimate of drug-likeness (QED) is 0.500. The summed E-state index contributed by atoms with van der Waals surface area (Å²) in [6, 6.07) is 18.9. The zero-order valence-corrected chi connectivity index (χ0v) is 15.1. The van der Waals surface area contributed by atoms with Gasteiger partial charge in [0.1, 0.15) is 29.7 Å². The van der Waals surface area contributed by atoms with Crippen molar-refractivity contribution in [2.24, 2.45) is 0 Å². The summed E-state index contributed by atoms with van der Waals surface area (Å²) in [5.41, 5.74) is 8.56. The molecule has 0 aliphatic heterocycles. The average Bonchev–Trinajstić information content (AvgIpc) is 3.36. The number of hydrogen-bond acceptors (Lipinski definition) is 7. The summed E-state index contributed by atoms with van der Waals surface area (Å²) in [7, 11) is 0. The number of hydrogen-bond donors (Lipinski definition) is 1. The Kier molecular flexibility index (Phi) is 3.94. The highest BCUT2D eigenvalue weighted by Gasteiger charge is 2.20. The number of para-hydroxylation sites is 1. The number of carbonyl (C=O) groups excluding carboxylic acids is 1. The molecule has 142 valence electrons. The molecule has 0 atom stereocenters. The van der Waals surface area contributed by atoms with Crippen molar-refractivity contribution in [2.45, 2.75) is 6.61 Å². The predicted octanol–water partition coefficient (Wildman–Crippen LogP) is 4.01. The van der Waals surface area contributed by atoms with Crippen molar-refractivity contribution in [3.63, 3.8) is 0 Å². The minimum Gasteiger partial charge on any atom is -0.454 e. The third kappa shape index (κ3) is 3.06. The van der Waals surface area contributed by atoms with Gasteiger partial charge >= 0.3 is 6.09 Å². The number of aromatic nitrogens is 4. The minimum atomic E-state index is -0.606. The average molecular weight is 385 g/mol. The lowest BCUT2D eigenvalue weighted by molar-refractivity contribution is 0.142. The van der Waals surface area contributed by atoms with Crippen LogP contribution in [0.1, 0.15) is 5.56 Å². The third-order valence-corrected chi connectivity index (χ3v) is 4.47. The first-order valence-electron chi connectivity index (χ1n) is 8.89. The van der Waals surface area contributed by atoms with Gasteiger partial charge in [-0.05, 0) is 17.7 Å². The van der Waals surface area contributed by atoms with E-state index >= 15 is 0 Å². The molecule has 0 fully saturated rings. The molecule has 0 radical (unpaired) electrons. The van der Waals surface area contributed by atoms with Crippen molar-refractivity contribution in [1.29, 1.82) is 0 Å². The molecule has 3 heterocycles. The normalized spacial score (nSPS) is 11.2. The third-order valence-electron chi connectivity index (χ3n) is 4.47. The van der Waals surface area contributed by atoms with Crippen molar-refractivity contribution in [3.05, 3.63) is 72.6 Å². The lowest BCUT2D eigenvalue weighted by Crippen LogP contribution is -2.13. The summed E-state index contributed by atoms with van der Waals surface area (Å²) in [4.78, 5) is 25.3. The van der Waals surface area contributed by atoms with Crippen LogP contribution in [0.15, 0.2) is 71.4 Å². The van der Waals surface area contributed by atoms with E-state index in [2.05, 4.69) is 15.0 Å². The molecule has 8 nitrogen and oxygen atoms in total. The van der Waals surface area contributed by atoms with Gasteiger partial charge < -0.3 is 14.9 Å². The molecule has 0 spiro atoms. The molecule has 8 heteroatoms. The van der Waals surface area contributed by atoms with Crippen LogP contribution in [0.25, 0.3) is 33.6 Å². The van der Waals surface area contributed by atoms with Crippen LogP contribution in [0.5, 0.6) is 0 Å². The number of rotatable bonds is 3. The zero-order chi connectivity index (χ0) is 19.8. The number of imidazole rings is 1. The van der Waals surface area contributed by atoms with Crippen LogP contribution in [-0.4, -0.2) is 25.6 Å². The molecular formula is C21H15N5O3. The molecule has 0 aliphatic rings. The van der Waals surface area contributed by atoms with E-state index in [4.69, 9.17) is 14.9 Å². The molecule has 2 N–H and O–H groups in total. The Bertz CT molecular complexity index is 1310. The summed E-state index contributed by atoms with van der Waals surface area (Å²) < 4.78 is 12.5. The molecule has 2 aromatic carbocycles. The van der Waals surface area contributed by atoms with Gasteiger partial charge in [0.25, 0.3) is 0 Å².